The van der Waals surface area contributed by atoms with Crippen LogP contribution in [0.2, 0.25) is 0 Å². The van der Waals surface area contributed by atoms with Crippen molar-refractivity contribution in [3.63, 3.8) is 0 Å². The molecule has 0 saturated carbocycles. The van der Waals surface area contributed by atoms with Crippen molar-refractivity contribution in [2.24, 2.45) is 0 Å². The van der Waals surface area contributed by atoms with Gasteiger partial charge in [-0.05, 0) is 13.3 Å². The van der Waals surface area contributed by atoms with Gasteiger partial charge in [0.05, 0.1) is 6.42 Å². The summed E-state index contributed by atoms with van der Waals surface area (Å²) in [5.74, 6) is -3.41. The molecule has 0 aromatic carbocycles. The van der Waals surface area contributed by atoms with Gasteiger partial charge in [0.15, 0.2) is 5.69 Å². The summed E-state index contributed by atoms with van der Waals surface area (Å²) in [5.41, 5.74) is 1.48. The van der Waals surface area contributed by atoms with Gasteiger partial charge in [0.1, 0.15) is 6.04 Å². The molecule has 0 spiro atoms. The van der Waals surface area contributed by atoms with E-state index < -0.39 is 30.3 Å². The number of H-pyrrole nitrogens is 1. The average Bonchev–Trinajstić information content (AvgIpc) is 2.68. The maximum atomic E-state index is 11.8. The van der Waals surface area contributed by atoms with E-state index in [-0.39, 0.29) is 5.69 Å². The standard InChI is InChI=1S/C11H15N3O5/c1-3-6-5(2)9(14-13-6)10(17)12-7(11(18)19)4-8(15)16/h7H,3-4H2,1-2H3,(H,12,17)(H,13,14)(H,15,16)(H,18,19). The number of rotatable bonds is 6. The van der Waals surface area contributed by atoms with Gasteiger partial charge >= 0.3 is 11.9 Å². The second-order valence-corrected chi connectivity index (χ2v) is 3.99. The van der Waals surface area contributed by atoms with E-state index in [0.29, 0.717) is 12.0 Å². The molecule has 0 fully saturated rings. The number of carboxylic acids is 2. The van der Waals surface area contributed by atoms with E-state index in [2.05, 4.69) is 15.5 Å². The Hall–Kier alpha value is -2.38. The molecule has 0 aliphatic rings. The number of carboxylic acid groups (broad SMARTS) is 2. The van der Waals surface area contributed by atoms with Crippen molar-refractivity contribution >= 4 is 17.8 Å². The molecule has 1 atom stereocenters. The Morgan fingerprint density at radius 2 is 2.00 bits per heavy atom. The maximum Gasteiger partial charge on any atom is 0.326 e. The fourth-order valence-corrected chi connectivity index (χ4v) is 1.60. The second kappa shape index (κ2) is 5.98. The third-order valence-corrected chi connectivity index (χ3v) is 2.66. The van der Waals surface area contributed by atoms with Crippen LogP contribution in [0.4, 0.5) is 0 Å². The van der Waals surface area contributed by atoms with Crippen LogP contribution in [-0.4, -0.2) is 44.3 Å². The van der Waals surface area contributed by atoms with Crippen LogP contribution in [0.5, 0.6) is 0 Å². The zero-order chi connectivity index (χ0) is 14.6. The third kappa shape index (κ3) is 3.54. The Morgan fingerprint density at radius 1 is 1.37 bits per heavy atom. The fraction of sp³-hybridized carbons (Fsp3) is 0.455. The number of amides is 1. The summed E-state index contributed by atoms with van der Waals surface area (Å²) in [5, 5.41) is 26.0. The molecule has 0 saturated heterocycles. The molecule has 0 bridgehead atoms. The van der Waals surface area contributed by atoms with Crippen molar-refractivity contribution in [2.45, 2.75) is 32.7 Å². The van der Waals surface area contributed by atoms with Crippen molar-refractivity contribution in [3.05, 3.63) is 17.0 Å². The molecule has 4 N–H and O–H groups in total. The first-order valence-corrected chi connectivity index (χ1v) is 5.66. The van der Waals surface area contributed by atoms with Crippen molar-refractivity contribution < 1.29 is 24.6 Å². The number of nitrogens with zero attached hydrogens (tertiary/aromatic N) is 1. The second-order valence-electron chi connectivity index (χ2n) is 3.99. The number of carbonyl (C=O) groups excluding carboxylic acids is 1. The number of aromatic nitrogens is 2. The number of aromatic amines is 1. The Kier molecular flexibility index (Phi) is 4.62. The first kappa shape index (κ1) is 14.7. The first-order valence-electron chi connectivity index (χ1n) is 5.66. The molecule has 1 aromatic heterocycles. The van der Waals surface area contributed by atoms with E-state index in [1.54, 1.807) is 6.92 Å². The number of carbonyl (C=O) groups is 3. The van der Waals surface area contributed by atoms with Gasteiger partial charge in [-0.15, -0.1) is 0 Å². The molecule has 19 heavy (non-hydrogen) atoms. The van der Waals surface area contributed by atoms with E-state index >= 15 is 0 Å². The van der Waals surface area contributed by atoms with Gasteiger partial charge in [-0.2, -0.15) is 5.10 Å². The number of hydrogen-bond donors (Lipinski definition) is 4. The summed E-state index contributed by atoms with van der Waals surface area (Å²) in [4.78, 5) is 33.2. The SMILES string of the molecule is CCc1[nH]nc(C(=O)NC(CC(=O)O)C(=O)O)c1C. The molecule has 0 aliphatic carbocycles. The molecule has 104 valence electrons. The minimum atomic E-state index is -1.48. The van der Waals surface area contributed by atoms with Gasteiger partial charge in [-0.1, -0.05) is 6.92 Å². The minimum Gasteiger partial charge on any atom is -0.481 e. The Labute approximate surface area is 108 Å². The first-order chi connectivity index (χ1) is 8.86. The van der Waals surface area contributed by atoms with Gasteiger partial charge < -0.3 is 15.5 Å². The number of nitrogens with one attached hydrogen (secondary N) is 2. The van der Waals surface area contributed by atoms with Crippen LogP contribution in [0.3, 0.4) is 0 Å². The zero-order valence-electron chi connectivity index (χ0n) is 10.6. The van der Waals surface area contributed by atoms with E-state index in [0.717, 1.165) is 5.69 Å². The van der Waals surface area contributed by atoms with Crippen LogP contribution < -0.4 is 5.32 Å². The largest absolute Gasteiger partial charge is 0.481 e. The zero-order valence-corrected chi connectivity index (χ0v) is 10.6. The third-order valence-electron chi connectivity index (χ3n) is 2.66. The molecule has 1 heterocycles. The van der Waals surface area contributed by atoms with Crippen LogP contribution in [-0.2, 0) is 16.0 Å². The van der Waals surface area contributed by atoms with Crippen LogP contribution in [0.1, 0.15) is 35.1 Å². The van der Waals surface area contributed by atoms with Crippen LogP contribution in [0.15, 0.2) is 0 Å². The summed E-state index contributed by atoms with van der Waals surface area (Å²) in [6, 6.07) is -1.48. The Bertz CT molecular complexity index is 508. The molecule has 1 unspecified atom stereocenters. The predicted octanol–water partition coefficient (Wildman–Crippen LogP) is -0.0618. The van der Waals surface area contributed by atoms with Crippen LogP contribution >= 0.6 is 0 Å². The van der Waals surface area contributed by atoms with Crippen molar-refractivity contribution in [1.29, 1.82) is 0 Å². The van der Waals surface area contributed by atoms with Crippen molar-refractivity contribution in [1.82, 2.24) is 15.5 Å². The number of aryl methyl sites for hydroxylation is 1. The molecule has 0 radical (unpaired) electrons. The topological polar surface area (TPSA) is 132 Å². The van der Waals surface area contributed by atoms with Gasteiger partial charge in [0.25, 0.3) is 5.91 Å². The summed E-state index contributed by atoms with van der Waals surface area (Å²) >= 11 is 0. The van der Waals surface area contributed by atoms with Crippen molar-refractivity contribution in [2.75, 3.05) is 0 Å². The van der Waals surface area contributed by atoms with Crippen molar-refractivity contribution in [3.8, 4) is 0 Å². The smallest absolute Gasteiger partial charge is 0.326 e. The lowest BCUT2D eigenvalue weighted by atomic mass is 10.1. The Balaban J connectivity index is 2.84. The molecular weight excluding hydrogens is 254 g/mol. The molecule has 8 nitrogen and oxygen atoms in total. The highest BCUT2D eigenvalue weighted by molar-refractivity contribution is 5.97. The summed E-state index contributed by atoms with van der Waals surface area (Å²) in [7, 11) is 0. The lowest BCUT2D eigenvalue weighted by Gasteiger charge is -2.11. The molecular formula is C11H15N3O5. The molecule has 1 amide bonds. The fourth-order valence-electron chi connectivity index (χ4n) is 1.60. The highest BCUT2D eigenvalue weighted by Crippen LogP contribution is 2.10. The molecule has 0 aliphatic heterocycles. The Morgan fingerprint density at radius 3 is 2.42 bits per heavy atom. The van der Waals surface area contributed by atoms with E-state index in [1.165, 1.54) is 0 Å². The summed E-state index contributed by atoms with van der Waals surface area (Å²) in [6.45, 7) is 3.57. The average molecular weight is 269 g/mol. The lowest BCUT2D eigenvalue weighted by molar-refractivity contribution is -0.145. The summed E-state index contributed by atoms with van der Waals surface area (Å²) < 4.78 is 0. The van der Waals surface area contributed by atoms with Gasteiger partial charge in [-0.25, -0.2) is 4.79 Å². The molecule has 1 rings (SSSR count). The highest BCUT2D eigenvalue weighted by atomic mass is 16.4. The maximum absolute atomic E-state index is 11.8. The summed E-state index contributed by atoms with van der Waals surface area (Å²) in [6.07, 6.45) is -0.0330. The van der Waals surface area contributed by atoms with E-state index in [1.807, 2.05) is 6.92 Å². The van der Waals surface area contributed by atoms with E-state index in [4.69, 9.17) is 10.2 Å². The minimum absolute atomic E-state index is 0.0773. The number of hydrogen-bond acceptors (Lipinski definition) is 4. The molecule has 8 heteroatoms. The van der Waals surface area contributed by atoms with Crippen LogP contribution in [0, 0.1) is 6.92 Å². The molecule has 1 aromatic rings. The number of aliphatic carboxylic acids is 2. The van der Waals surface area contributed by atoms with E-state index in [9.17, 15) is 14.4 Å². The van der Waals surface area contributed by atoms with Gasteiger partial charge in [-0.3, -0.25) is 14.7 Å². The van der Waals surface area contributed by atoms with Gasteiger partial charge in [0.2, 0.25) is 0 Å². The van der Waals surface area contributed by atoms with Gasteiger partial charge in [0, 0.05) is 11.3 Å². The normalized spacial score (nSPS) is 11.9. The predicted molar refractivity (Wildman–Crippen MR) is 63.8 cm³/mol. The lowest BCUT2D eigenvalue weighted by Crippen LogP contribution is -2.42. The van der Waals surface area contributed by atoms with Crippen LogP contribution in [0.25, 0.3) is 0 Å². The monoisotopic (exact) mass is 269 g/mol. The highest BCUT2D eigenvalue weighted by Gasteiger charge is 2.25. The quantitative estimate of drug-likeness (QED) is 0.571.